The maximum Gasteiger partial charge on any atom is 0.138 e. The highest BCUT2D eigenvalue weighted by Gasteiger charge is 2.09. The van der Waals surface area contributed by atoms with Gasteiger partial charge in [0, 0.05) is 26.5 Å². The van der Waals surface area contributed by atoms with Crippen molar-refractivity contribution in [2.75, 3.05) is 0 Å². The van der Waals surface area contributed by atoms with Crippen molar-refractivity contribution in [2.45, 2.75) is 0 Å². The summed E-state index contributed by atoms with van der Waals surface area (Å²) in [5.41, 5.74) is 0. The minimum absolute atomic E-state index is 0.380. The molecule has 5 heteroatoms. The van der Waals surface area contributed by atoms with Crippen LogP contribution < -0.4 is 0 Å². The third-order valence-electron chi connectivity index (χ3n) is 1.81. The van der Waals surface area contributed by atoms with Gasteiger partial charge in [0.15, 0.2) is 0 Å². The lowest BCUT2D eigenvalue weighted by atomic mass is 10.2. The first-order valence-electron chi connectivity index (χ1n) is 3.68. The van der Waals surface area contributed by atoms with Gasteiger partial charge >= 0.3 is 0 Å². The van der Waals surface area contributed by atoms with E-state index in [9.17, 15) is 0 Å². The van der Waals surface area contributed by atoms with Crippen molar-refractivity contribution in [1.29, 1.82) is 0 Å². The van der Waals surface area contributed by atoms with Gasteiger partial charge in [0.2, 0.25) is 0 Å². The van der Waals surface area contributed by atoms with Gasteiger partial charge in [0.05, 0.1) is 5.02 Å². The first-order valence-corrected chi connectivity index (χ1v) is 5.61. The van der Waals surface area contributed by atoms with Crippen molar-refractivity contribution in [3.8, 4) is 0 Å². The molecule has 72 valence electrons. The van der Waals surface area contributed by atoms with Crippen molar-refractivity contribution >= 4 is 61.5 Å². The van der Waals surface area contributed by atoms with Crippen molar-refractivity contribution in [3.63, 3.8) is 0 Å². The fraction of sp³-hybridized carbons (Fsp3) is 0. The van der Waals surface area contributed by atoms with Crippen molar-refractivity contribution in [3.05, 3.63) is 38.0 Å². The van der Waals surface area contributed by atoms with Gasteiger partial charge < -0.3 is 0 Å². The van der Waals surface area contributed by atoms with Crippen LogP contribution in [0.2, 0.25) is 15.2 Å². The third kappa shape index (κ3) is 1.72. The zero-order chi connectivity index (χ0) is 10.3. The van der Waals surface area contributed by atoms with Crippen LogP contribution in [0.25, 0.3) is 10.8 Å². The topological polar surface area (TPSA) is 12.9 Å². The molecule has 0 unspecified atom stereocenters. The van der Waals surface area contributed by atoms with Crippen LogP contribution in [-0.2, 0) is 0 Å². The molecular weight excluding hydrogens is 308 g/mol. The van der Waals surface area contributed by atoms with Crippen LogP contribution in [0.3, 0.4) is 0 Å². The molecule has 2 aromatic rings. The number of hydrogen-bond donors (Lipinski definition) is 0. The Kier molecular flexibility index (Phi) is 2.89. The Labute approximate surface area is 104 Å². The van der Waals surface area contributed by atoms with Gasteiger partial charge in [0.25, 0.3) is 0 Å². The van der Waals surface area contributed by atoms with Crippen LogP contribution in [0.15, 0.2) is 22.8 Å². The molecule has 0 bridgehead atoms. The van der Waals surface area contributed by atoms with E-state index in [-0.39, 0.29) is 0 Å². The lowest BCUT2D eigenvalue weighted by Crippen LogP contribution is -1.82. The molecule has 0 spiro atoms. The van der Waals surface area contributed by atoms with Gasteiger partial charge in [-0.25, -0.2) is 4.98 Å². The van der Waals surface area contributed by atoms with E-state index in [1.807, 2.05) is 0 Å². The summed E-state index contributed by atoms with van der Waals surface area (Å²) in [6, 6.07) is 3.44. The number of benzene rings is 1. The average Bonchev–Trinajstić information content (AvgIpc) is 2.10. The molecule has 1 nitrogen and oxygen atoms in total. The predicted octanol–water partition coefficient (Wildman–Crippen LogP) is 4.96. The molecular formula is C9H3BrCl3N. The maximum atomic E-state index is 6.01. The van der Waals surface area contributed by atoms with Gasteiger partial charge in [-0.2, -0.15) is 0 Å². The maximum absolute atomic E-state index is 6.01. The molecule has 1 heterocycles. The second-order valence-electron chi connectivity index (χ2n) is 2.71. The highest BCUT2D eigenvalue weighted by atomic mass is 79.9. The number of rotatable bonds is 0. The van der Waals surface area contributed by atoms with Gasteiger partial charge in [-0.05, 0) is 28.1 Å². The fourth-order valence-corrected chi connectivity index (χ4v) is 2.52. The summed E-state index contributed by atoms with van der Waals surface area (Å²) in [7, 11) is 0. The second-order valence-corrected chi connectivity index (χ2v) is 4.76. The van der Waals surface area contributed by atoms with Crippen LogP contribution in [0.1, 0.15) is 0 Å². The van der Waals surface area contributed by atoms with E-state index in [4.69, 9.17) is 34.8 Å². The summed E-state index contributed by atoms with van der Waals surface area (Å²) in [6.45, 7) is 0. The van der Waals surface area contributed by atoms with E-state index in [0.717, 1.165) is 9.86 Å². The predicted molar refractivity (Wildman–Crippen MR) is 64.5 cm³/mol. The molecule has 0 aliphatic rings. The minimum Gasteiger partial charge on any atom is -0.243 e. The number of hydrogen-bond acceptors (Lipinski definition) is 1. The molecule has 0 amide bonds. The van der Waals surface area contributed by atoms with E-state index in [0.29, 0.717) is 20.6 Å². The molecule has 0 atom stereocenters. The minimum atomic E-state index is 0.380. The number of halogens is 4. The second kappa shape index (κ2) is 3.86. The van der Waals surface area contributed by atoms with Crippen molar-refractivity contribution in [2.24, 2.45) is 0 Å². The standard InChI is InChI=1S/C9H3BrCl3N/c10-6-3-14-9(13)8-5(6)1-4(11)2-7(8)12/h1-3H. The Hall–Kier alpha value is -0.0200. The van der Waals surface area contributed by atoms with Crippen LogP contribution in [0.5, 0.6) is 0 Å². The van der Waals surface area contributed by atoms with Crippen molar-refractivity contribution < 1.29 is 0 Å². The van der Waals surface area contributed by atoms with Gasteiger partial charge in [-0.1, -0.05) is 34.8 Å². The zero-order valence-electron chi connectivity index (χ0n) is 6.69. The van der Waals surface area contributed by atoms with Gasteiger partial charge in [0.1, 0.15) is 5.15 Å². The molecule has 0 N–H and O–H groups in total. The Morgan fingerprint density at radius 3 is 2.57 bits per heavy atom. The summed E-state index contributed by atoms with van der Waals surface area (Å²) in [5, 5.41) is 3.04. The van der Waals surface area contributed by atoms with E-state index in [1.165, 1.54) is 0 Å². The largest absolute Gasteiger partial charge is 0.243 e. The van der Waals surface area contributed by atoms with Crippen LogP contribution in [-0.4, -0.2) is 4.98 Å². The van der Waals surface area contributed by atoms with E-state index >= 15 is 0 Å². The molecule has 0 aliphatic heterocycles. The first-order chi connectivity index (χ1) is 6.59. The first kappa shape index (κ1) is 10.5. The SMILES string of the molecule is Clc1cc(Cl)c2c(Cl)ncc(Br)c2c1. The number of nitrogens with zero attached hydrogens (tertiary/aromatic N) is 1. The van der Waals surface area contributed by atoms with Crippen LogP contribution in [0, 0.1) is 0 Å². The van der Waals surface area contributed by atoms with Crippen LogP contribution >= 0.6 is 50.7 Å². The highest BCUT2D eigenvalue weighted by Crippen LogP contribution is 2.35. The normalized spacial score (nSPS) is 10.9. The third-order valence-corrected chi connectivity index (χ3v) is 3.24. The smallest absolute Gasteiger partial charge is 0.138 e. The summed E-state index contributed by atoms with van der Waals surface area (Å²) in [4.78, 5) is 3.99. The van der Waals surface area contributed by atoms with Crippen molar-refractivity contribution in [1.82, 2.24) is 4.98 Å². The Morgan fingerprint density at radius 2 is 1.86 bits per heavy atom. The monoisotopic (exact) mass is 309 g/mol. The zero-order valence-corrected chi connectivity index (χ0v) is 10.5. The Balaban J connectivity index is 3.00. The van der Waals surface area contributed by atoms with Gasteiger partial charge in [-0.3, -0.25) is 0 Å². The van der Waals surface area contributed by atoms with E-state index < -0.39 is 0 Å². The molecule has 1 aromatic carbocycles. The quantitative estimate of drug-likeness (QED) is 0.627. The summed E-state index contributed by atoms with van der Waals surface area (Å²) in [5.74, 6) is 0. The Bertz CT molecular complexity index is 513. The molecule has 0 aliphatic carbocycles. The molecule has 2 rings (SSSR count). The fourth-order valence-electron chi connectivity index (χ4n) is 1.22. The lowest BCUT2D eigenvalue weighted by molar-refractivity contribution is 1.35. The number of aromatic nitrogens is 1. The average molecular weight is 311 g/mol. The lowest BCUT2D eigenvalue weighted by Gasteiger charge is -2.04. The van der Waals surface area contributed by atoms with E-state index in [2.05, 4.69) is 20.9 Å². The molecule has 0 saturated heterocycles. The number of fused-ring (bicyclic) bond motifs is 1. The summed E-state index contributed by atoms with van der Waals surface area (Å²) in [6.07, 6.45) is 1.62. The highest BCUT2D eigenvalue weighted by molar-refractivity contribution is 9.10. The molecule has 0 fully saturated rings. The Morgan fingerprint density at radius 1 is 1.14 bits per heavy atom. The molecule has 0 radical (unpaired) electrons. The van der Waals surface area contributed by atoms with Crippen LogP contribution in [0.4, 0.5) is 0 Å². The molecule has 1 aromatic heterocycles. The summed E-state index contributed by atoms with van der Waals surface area (Å²) >= 11 is 21.2. The molecule has 14 heavy (non-hydrogen) atoms. The summed E-state index contributed by atoms with van der Waals surface area (Å²) < 4.78 is 0.821. The van der Waals surface area contributed by atoms with Gasteiger partial charge in [-0.15, -0.1) is 0 Å². The van der Waals surface area contributed by atoms with E-state index in [1.54, 1.807) is 18.3 Å². The molecule has 0 saturated carbocycles. The number of pyridine rings is 1.